The number of halogens is 3. The predicted octanol–water partition coefficient (Wildman–Crippen LogP) is 1.44. The molecule has 0 aliphatic heterocycles. The smallest absolute Gasteiger partial charge is 0.386 e. The van der Waals surface area contributed by atoms with E-state index < -0.39 is 17.5 Å². The van der Waals surface area contributed by atoms with Gasteiger partial charge in [0.2, 0.25) is 0 Å². The summed E-state index contributed by atoms with van der Waals surface area (Å²) in [5, 5.41) is 5.31. The zero-order valence-electron chi connectivity index (χ0n) is 7.58. The van der Waals surface area contributed by atoms with E-state index in [4.69, 9.17) is 0 Å². The summed E-state index contributed by atoms with van der Waals surface area (Å²) in [5.41, 5.74) is -1.05. The Morgan fingerprint density at radius 1 is 1.38 bits per heavy atom. The van der Waals surface area contributed by atoms with Crippen LogP contribution < -0.4 is 5.76 Å². The van der Waals surface area contributed by atoms with E-state index in [1.807, 2.05) is 5.10 Å². The van der Waals surface area contributed by atoms with Crippen molar-refractivity contribution in [2.24, 2.45) is 0 Å². The zero-order chi connectivity index (χ0) is 11.8. The minimum Gasteiger partial charge on any atom is -0.386 e. The van der Waals surface area contributed by atoms with E-state index in [1.165, 1.54) is 0 Å². The van der Waals surface area contributed by atoms with E-state index >= 15 is 0 Å². The van der Waals surface area contributed by atoms with Crippen molar-refractivity contribution in [3.63, 3.8) is 0 Å². The van der Waals surface area contributed by atoms with E-state index in [1.54, 1.807) is 0 Å². The maximum absolute atomic E-state index is 12.3. The SMILES string of the molecule is O=c1[nH]nc(-c2cc(C(F)(F)F)ccn2)o1. The summed E-state index contributed by atoms with van der Waals surface area (Å²) in [4.78, 5) is 14.2. The van der Waals surface area contributed by atoms with Gasteiger partial charge in [0.25, 0.3) is 5.89 Å². The number of H-pyrrole nitrogens is 1. The normalized spacial score (nSPS) is 11.7. The number of hydrogen-bond donors (Lipinski definition) is 1. The monoisotopic (exact) mass is 231 g/mol. The average molecular weight is 231 g/mol. The van der Waals surface area contributed by atoms with E-state index in [2.05, 4.69) is 14.5 Å². The van der Waals surface area contributed by atoms with Gasteiger partial charge in [-0.1, -0.05) is 0 Å². The molecule has 2 heterocycles. The molecule has 8 heteroatoms. The molecule has 16 heavy (non-hydrogen) atoms. The van der Waals surface area contributed by atoms with Crippen LogP contribution in [0.3, 0.4) is 0 Å². The Kier molecular flexibility index (Phi) is 2.26. The molecule has 84 valence electrons. The second-order valence-corrected chi connectivity index (χ2v) is 2.85. The Hall–Kier alpha value is -2.12. The van der Waals surface area contributed by atoms with Crippen molar-refractivity contribution >= 4 is 0 Å². The number of nitrogens with one attached hydrogen (secondary N) is 1. The molecule has 0 unspecified atom stereocenters. The van der Waals surface area contributed by atoms with Gasteiger partial charge in [-0.2, -0.15) is 13.2 Å². The van der Waals surface area contributed by atoms with Gasteiger partial charge in [0.1, 0.15) is 5.69 Å². The maximum atomic E-state index is 12.3. The van der Waals surface area contributed by atoms with Gasteiger partial charge >= 0.3 is 11.9 Å². The van der Waals surface area contributed by atoms with Crippen LogP contribution in [0.2, 0.25) is 0 Å². The number of alkyl halides is 3. The number of pyridine rings is 1. The van der Waals surface area contributed by atoms with Gasteiger partial charge in [0.15, 0.2) is 0 Å². The van der Waals surface area contributed by atoms with Crippen molar-refractivity contribution in [2.75, 3.05) is 0 Å². The molecule has 0 saturated heterocycles. The molecule has 0 bridgehead atoms. The molecule has 0 fully saturated rings. The molecule has 2 rings (SSSR count). The summed E-state index contributed by atoms with van der Waals surface area (Å²) < 4.78 is 41.5. The van der Waals surface area contributed by atoms with Crippen LogP contribution in [0, 0.1) is 0 Å². The molecule has 0 aliphatic carbocycles. The molecule has 0 aromatic carbocycles. The maximum Gasteiger partial charge on any atom is 0.434 e. The summed E-state index contributed by atoms with van der Waals surface area (Å²) in [6, 6.07) is 1.56. The Morgan fingerprint density at radius 3 is 2.69 bits per heavy atom. The number of rotatable bonds is 1. The van der Waals surface area contributed by atoms with Gasteiger partial charge in [-0.3, -0.25) is 4.98 Å². The Labute approximate surface area is 85.9 Å². The van der Waals surface area contributed by atoms with Crippen molar-refractivity contribution in [3.05, 3.63) is 34.4 Å². The first-order valence-electron chi connectivity index (χ1n) is 4.06. The fourth-order valence-corrected chi connectivity index (χ4v) is 1.06. The minimum absolute atomic E-state index is 0.159. The van der Waals surface area contributed by atoms with Gasteiger partial charge in [0, 0.05) is 6.20 Å². The van der Waals surface area contributed by atoms with Gasteiger partial charge in [-0.05, 0) is 12.1 Å². The summed E-state index contributed by atoms with van der Waals surface area (Å²) in [6.45, 7) is 0. The van der Waals surface area contributed by atoms with E-state index in [-0.39, 0.29) is 11.6 Å². The van der Waals surface area contributed by atoms with E-state index in [0.717, 1.165) is 18.3 Å². The fraction of sp³-hybridized carbons (Fsp3) is 0.125. The molecule has 2 aromatic heterocycles. The number of aromatic nitrogens is 3. The van der Waals surface area contributed by atoms with Gasteiger partial charge in [-0.15, -0.1) is 5.10 Å². The molecule has 0 aliphatic rings. The van der Waals surface area contributed by atoms with Crippen LogP contribution in [0.15, 0.2) is 27.5 Å². The first-order valence-corrected chi connectivity index (χ1v) is 4.06. The number of hydrogen-bond acceptors (Lipinski definition) is 4. The summed E-state index contributed by atoms with van der Waals surface area (Å²) >= 11 is 0. The van der Waals surface area contributed by atoms with Crippen molar-refractivity contribution in [1.82, 2.24) is 15.2 Å². The second kappa shape index (κ2) is 3.47. The highest BCUT2D eigenvalue weighted by molar-refractivity contribution is 5.47. The zero-order valence-corrected chi connectivity index (χ0v) is 7.58. The lowest BCUT2D eigenvalue weighted by Gasteiger charge is -2.05. The molecule has 0 spiro atoms. The fourth-order valence-electron chi connectivity index (χ4n) is 1.06. The van der Waals surface area contributed by atoms with Crippen LogP contribution >= 0.6 is 0 Å². The van der Waals surface area contributed by atoms with E-state index in [9.17, 15) is 18.0 Å². The molecule has 0 saturated carbocycles. The molecule has 0 atom stereocenters. The molecular formula is C8H4F3N3O2. The lowest BCUT2D eigenvalue weighted by atomic mass is 10.2. The van der Waals surface area contributed by atoms with Crippen LogP contribution in [0.25, 0.3) is 11.6 Å². The van der Waals surface area contributed by atoms with Gasteiger partial charge < -0.3 is 4.42 Å². The second-order valence-electron chi connectivity index (χ2n) is 2.85. The highest BCUT2D eigenvalue weighted by Crippen LogP contribution is 2.30. The van der Waals surface area contributed by atoms with Crippen LogP contribution in [0.5, 0.6) is 0 Å². The van der Waals surface area contributed by atoms with Crippen molar-refractivity contribution < 1.29 is 17.6 Å². The van der Waals surface area contributed by atoms with Crippen LogP contribution in [-0.2, 0) is 6.18 Å². The lowest BCUT2D eigenvalue weighted by Crippen LogP contribution is -2.05. The van der Waals surface area contributed by atoms with E-state index in [0.29, 0.717) is 0 Å². The molecular weight excluding hydrogens is 227 g/mol. The highest BCUT2D eigenvalue weighted by atomic mass is 19.4. The third kappa shape index (κ3) is 1.95. The molecule has 5 nitrogen and oxygen atoms in total. The van der Waals surface area contributed by atoms with Crippen molar-refractivity contribution in [2.45, 2.75) is 6.18 Å². The lowest BCUT2D eigenvalue weighted by molar-refractivity contribution is -0.137. The third-order valence-electron chi connectivity index (χ3n) is 1.74. The van der Waals surface area contributed by atoms with Crippen LogP contribution in [-0.4, -0.2) is 15.2 Å². The van der Waals surface area contributed by atoms with Crippen LogP contribution in [0.1, 0.15) is 5.56 Å². The third-order valence-corrected chi connectivity index (χ3v) is 1.74. The van der Waals surface area contributed by atoms with Gasteiger partial charge in [0.05, 0.1) is 5.56 Å². The molecule has 0 radical (unpaired) electrons. The first kappa shape index (κ1) is 10.4. The molecule has 0 amide bonds. The standard InChI is InChI=1S/C8H4F3N3O2/c9-8(10,11)4-1-2-12-5(3-4)6-13-14-7(15)16-6/h1-3H,(H,14,15). The quantitative estimate of drug-likeness (QED) is 0.806. The Morgan fingerprint density at radius 2 is 2.12 bits per heavy atom. The minimum atomic E-state index is -4.48. The molecule has 1 N–H and O–H groups in total. The van der Waals surface area contributed by atoms with Crippen molar-refractivity contribution in [1.29, 1.82) is 0 Å². The first-order chi connectivity index (χ1) is 7.47. The largest absolute Gasteiger partial charge is 0.434 e. The summed E-state index contributed by atoms with van der Waals surface area (Å²) in [7, 11) is 0. The predicted molar refractivity (Wildman–Crippen MR) is 45.4 cm³/mol. The summed E-state index contributed by atoms with van der Waals surface area (Å²) in [6.07, 6.45) is -3.51. The summed E-state index contributed by atoms with van der Waals surface area (Å²) in [5.74, 6) is -1.13. The number of nitrogens with zero attached hydrogens (tertiary/aromatic N) is 2. The molecule has 2 aromatic rings. The Bertz CT molecular complexity index is 558. The number of aromatic amines is 1. The van der Waals surface area contributed by atoms with Crippen molar-refractivity contribution in [3.8, 4) is 11.6 Å². The Balaban J connectivity index is 2.48. The highest BCUT2D eigenvalue weighted by Gasteiger charge is 2.31. The van der Waals surface area contributed by atoms with Crippen LogP contribution in [0.4, 0.5) is 13.2 Å². The topological polar surface area (TPSA) is 71.8 Å². The average Bonchev–Trinajstić information content (AvgIpc) is 2.64. The van der Waals surface area contributed by atoms with Gasteiger partial charge in [-0.25, -0.2) is 9.89 Å².